The van der Waals surface area contributed by atoms with Gasteiger partial charge in [0.25, 0.3) is 5.91 Å². The Labute approximate surface area is 131 Å². The minimum absolute atomic E-state index is 0.0751. The van der Waals surface area contributed by atoms with E-state index in [0.717, 1.165) is 18.5 Å². The number of aromatic nitrogens is 2. The Morgan fingerprint density at radius 1 is 1.17 bits per heavy atom. The molecule has 23 heavy (non-hydrogen) atoms. The van der Waals surface area contributed by atoms with Crippen LogP contribution < -0.4 is 10.6 Å². The molecule has 0 aliphatic heterocycles. The highest BCUT2D eigenvalue weighted by atomic mass is 19.2. The summed E-state index contributed by atoms with van der Waals surface area (Å²) in [6.07, 6.45) is 1.12. The maximum absolute atomic E-state index is 13.6. The maximum Gasteiger partial charge on any atom is 0.270 e. The molecule has 0 atom stereocenters. The lowest BCUT2D eigenvalue weighted by Crippen LogP contribution is -2.28. The number of benzene rings is 1. The smallest absolute Gasteiger partial charge is 0.270 e. The Hall–Kier alpha value is -2.64. The van der Waals surface area contributed by atoms with Crippen molar-refractivity contribution in [3.63, 3.8) is 0 Å². The van der Waals surface area contributed by atoms with Gasteiger partial charge in [-0.2, -0.15) is 0 Å². The Morgan fingerprint density at radius 2 is 1.91 bits per heavy atom. The molecule has 0 aliphatic carbocycles. The topological polar surface area (TPSA) is 66.9 Å². The lowest BCUT2D eigenvalue weighted by Gasteiger charge is -2.10. The molecule has 122 valence electrons. The Kier molecular flexibility index (Phi) is 5.15. The predicted octanol–water partition coefficient (Wildman–Crippen LogP) is 3.02. The van der Waals surface area contributed by atoms with E-state index in [1.165, 1.54) is 6.07 Å². The van der Waals surface area contributed by atoms with Gasteiger partial charge in [-0.05, 0) is 18.1 Å². The predicted molar refractivity (Wildman–Crippen MR) is 78.8 cm³/mol. The molecule has 0 fully saturated rings. The van der Waals surface area contributed by atoms with Gasteiger partial charge in [-0.15, -0.1) is 0 Å². The Morgan fingerprint density at radius 3 is 2.61 bits per heavy atom. The summed E-state index contributed by atoms with van der Waals surface area (Å²) in [4.78, 5) is 19.5. The van der Waals surface area contributed by atoms with Crippen LogP contribution in [-0.2, 0) is 0 Å². The van der Waals surface area contributed by atoms with Gasteiger partial charge >= 0.3 is 0 Å². The summed E-state index contributed by atoms with van der Waals surface area (Å²) in [5.74, 6) is -4.29. The molecule has 0 unspecified atom stereocenters. The third kappa shape index (κ3) is 4.18. The van der Waals surface area contributed by atoms with Crippen LogP contribution in [0.4, 0.5) is 24.7 Å². The standard InChI is InChI=1S/C15H15F3N4O/c1-8(2)6-19-15(23)11-5-12(21-7-20-11)22-10-4-3-9(16)13(17)14(10)18/h3-5,7-8H,6H2,1-2H3,(H,19,23)(H,20,21,22). The molecular weight excluding hydrogens is 309 g/mol. The van der Waals surface area contributed by atoms with Crippen LogP contribution in [0.25, 0.3) is 0 Å². The van der Waals surface area contributed by atoms with Crippen molar-refractivity contribution in [2.45, 2.75) is 13.8 Å². The SMILES string of the molecule is CC(C)CNC(=O)c1cc(Nc2ccc(F)c(F)c2F)ncn1. The second kappa shape index (κ2) is 7.08. The van der Waals surface area contributed by atoms with Crippen molar-refractivity contribution in [1.82, 2.24) is 15.3 Å². The number of carbonyl (C=O) groups excluding carboxylic acids is 1. The van der Waals surface area contributed by atoms with E-state index < -0.39 is 23.4 Å². The van der Waals surface area contributed by atoms with E-state index in [-0.39, 0.29) is 23.1 Å². The van der Waals surface area contributed by atoms with Gasteiger partial charge in [0.1, 0.15) is 17.8 Å². The fourth-order valence-corrected chi connectivity index (χ4v) is 1.70. The Bertz CT molecular complexity index is 722. The first-order chi connectivity index (χ1) is 10.9. The molecule has 5 nitrogen and oxygen atoms in total. The summed E-state index contributed by atoms with van der Waals surface area (Å²) < 4.78 is 39.7. The Balaban J connectivity index is 2.17. The summed E-state index contributed by atoms with van der Waals surface area (Å²) >= 11 is 0. The zero-order valence-corrected chi connectivity index (χ0v) is 12.5. The van der Waals surface area contributed by atoms with Crippen LogP contribution in [0.5, 0.6) is 0 Å². The third-order valence-corrected chi connectivity index (χ3v) is 2.87. The molecule has 0 saturated carbocycles. The molecule has 0 saturated heterocycles. The van der Waals surface area contributed by atoms with E-state index in [4.69, 9.17) is 0 Å². The van der Waals surface area contributed by atoms with Gasteiger partial charge < -0.3 is 10.6 Å². The summed E-state index contributed by atoms with van der Waals surface area (Å²) in [7, 11) is 0. The van der Waals surface area contributed by atoms with Gasteiger partial charge in [0.2, 0.25) is 0 Å². The lowest BCUT2D eigenvalue weighted by atomic mass is 10.2. The molecule has 2 rings (SSSR count). The van der Waals surface area contributed by atoms with E-state index in [0.29, 0.717) is 6.54 Å². The fraction of sp³-hybridized carbons (Fsp3) is 0.267. The minimum Gasteiger partial charge on any atom is -0.350 e. The van der Waals surface area contributed by atoms with Crippen LogP contribution in [0.15, 0.2) is 24.5 Å². The van der Waals surface area contributed by atoms with E-state index in [9.17, 15) is 18.0 Å². The number of nitrogens with one attached hydrogen (secondary N) is 2. The van der Waals surface area contributed by atoms with Gasteiger partial charge in [-0.25, -0.2) is 23.1 Å². The van der Waals surface area contributed by atoms with Crippen molar-refractivity contribution in [1.29, 1.82) is 0 Å². The highest BCUT2D eigenvalue weighted by Gasteiger charge is 2.15. The first-order valence-electron chi connectivity index (χ1n) is 6.89. The van der Waals surface area contributed by atoms with Gasteiger partial charge in [0.15, 0.2) is 17.5 Å². The summed E-state index contributed by atoms with van der Waals surface area (Å²) in [6.45, 7) is 4.36. The number of nitrogens with zero attached hydrogens (tertiary/aromatic N) is 2. The molecule has 0 radical (unpaired) electrons. The number of rotatable bonds is 5. The lowest BCUT2D eigenvalue weighted by molar-refractivity contribution is 0.0944. The first-order valence-corrected chi connectivity index (χ1v) is 6.89. The number of halogens is 3. The quantitative estimate of drug-likeness (QED) is 0.830. The second-order valence-electron chi connectivity index (χ2n) is 5.24. The number of anilines is 2. The van der Waals surface area contributed by atoms with E-state index in [1.54, 1.807) is 0 Å². The van der Waals surface area contributed by atoms with E-state index in [2.05, 4.69) is 20.6 Å². The van der Waals surface area contributed by atoms with Gasteiger partial charge in [0.05, 0.1) is 5.69 Å². The summed E-state index contributed by atoms with van der Waals surface area (Å²) in [5, 5.41) is 5.16. The summed E-state index contributed by atoms with van der Waals surface area (Å²) in [5.41, 5.74) is -0.220. The molecule has 0 bridgehead atoms. The number of carbonyl (C=O) groups is 1. The monoisotopic (exact) mass is 324 g/mol. The number of hydrogen-bond donors (Lipinski definition) is 2. The zero-order valence-electron chi connectivity index (χ0n) is 12.5. The van der Waals surface area contributed by atoms with E-state index >= 15 is 0 Å². The number of hydrogen-bond acceptors (Lipinski definition) is 4. The van der Waals surface area contributed by atoms with Crippen molar-refractivity contribution in [3.05, 3.63) is 47.7 Å². The van der Waals surface area contributed by atoms with Crippen molar-refractivity contribution in [2.75, 3.05) is 11.9 Å². The van der Waals surface area contributed by atoms with Crippen LogP contribution >= 0.6 is 0 Å². The molecule has 8 heteroatoms. The van der Waals surface area contributed by atoms with Crippen LogP contribution in [-0.4, -0.2) is 22.4 Å². The molecule has 0 aliphatic rings. The number of amides is 1. The molecule has 1 aromatic carbocycles. The zero-order chi connectivity index (χ0) is 17.0. The van der Waals surface area contributed by atoms with Gasteiger partial charge in [-0.3, -0.25) is 4.79 Å². The van der Waals surface area contributed by atoms with Gasteiger partial charge in [0, 0.05) is 12.6 Å². The first kappa shape index (κ1) is 16.7. The van der Waals surface area contributed by atoms with E-state index in [1.807, 2.05) is 13.8 Å². The molecular formula is C15H15F3N4O. The van der Waals surface area contributed by atoms with Crippen LogP contribution in [0.2, 0.25) is 0 Å². The molecule has 1 amide bonds. The van der Waals surface area contributed by atoms with Crippen LogP contribution in [0, 0.1) is 23.4 Å². The van der Waals surface area contributed by atoms with Crippen molar-refractivity contribution in [3.8, 4) is 0 Å². The fourth-order valence-electron chi connectivity index (χ4n) is 1.70. The largest absolute Gasteiger partial charge is 0.350 e. The summed E-state index contributed by atoms with van der Waals surface area (Å²) in [6, 6.07) is 3.11. The molecule has 1 heterocycles. The molecule has 2 aromatic rings. The molecule has 1 aromatic heterocycles. The second-order valence-corrected chi connectivity index (χ2v) is 5.24. The average molecular weight is 324 g/mol. The average Bonchev–Trinajstić information content (AvgIpc) is 2.53. The minimum atomic E-state index is -1.58. The highest BCUT2D eigenvalue weighted by molar-refractivity contribution is 5.92. The van der Waals surface area contributed by atoms with Crippen molar-refractivity contribution < 1.29 is 18.0 Å². The van der Waals surface area contributed by atoms with Crippen LogP contribution in [0.1, 0.15) is 24.3 Å². The maximum atomic E-state index is 13.6. The van der Waals surface area contributed by atoms with Crippen molar-refractivity contribution >= 4 is 17.4 Å². The van der Waals surface area contributed by atoms with Gasteiger partial charge in [-0.1, -0.05) is 13.8 Å². The highest BCUT2D eigenvalue weighted by Crippen LogP contribution is 2.22. The normalized spacial score (nSPS) is 10.7. The molecule has 2 N–H and O–H groups in total. The van der Waals surface area contributed by atoms with Crippen LogP contribution in [0.3, 0.4) is 0 Å². The third-order valence-electron chi connectivity index (χ3n) is 2.87. The van der Waals surface area contributed by atoms with Crippen molar-refractivity contribution in [2.24, 2.45) is 5.92 Å². The molecule has 0 spiro atoms.